The lowest BCUT2D eigenvalue weighted by atomic mass is 10.2. The van der Waals surface area contributed by atoms with Crippen molar-refractivity contribution in [1.29, 1.82) is 0 Å². The summed E-state index contributed by atoms with van der Waals surface area (Å²) >= 11 is 0. The SMILES string of the molecule is c1nc(N2CCCOCC2)cnc1C1CCCN1. The minimum atomic E-state index is 0.402. The van der Waals surface area contributed by atoms with Crippen molar-refractivity contribution in [3.8, 4) is 0 Å². The molecule has 0 bridgehead atoms. The Bertz CT molecular complexity index is 367. The van der Waals surface area contributed by atoms with Crippen molar-refractivity contribution in [3.63, 3.8) is 0 Å². The molecule has 1 atom stereocenters. The standard InChI is InChI=1S/C13H20N4O/c1-3-11(14-4-1)12-9-16-13(10-15-12)17-5-2-7-18-8-6-17/h9-11,14H,1-8H2. The molecule has 18 heavy (non-hydrogen) atoms. The molecule has 2 aliphatic rings. The van der Waals surface area contributed by atoms with Crippen LogP contribution in [0.2, 0.25) is 0 Å². The van der Waals surface area contributed by atoms with Crippen molar-refractivity contribution in [2.75, 3.05) is 37.7 Å². The zero-order valence-electron chi connectivity index (χ0n) is 10.6. The van der Waals surface area contributed by atoms with Crippen LogP contribution in [0.5, 0.6) is 0 Å². The Labute approximate surface area is 108 Å². The molecule has 98 valence electrons. The molecule has 0 aliphatic carbocycles. The number of anilines is 1. The highest BCUT2D eigenvalue weighted by atomic mass is 16.5. The van der Waals surface area contributed by atoms with Crippen LogP contribution < -0.4 is 10.2 Å². The van der Waals surface area contributed by atoms with Crippen molar-refractivity contribution in [2.24, 2.45) is 0 Å². The Kier molecular flexibility index (Phi) is 3.71. The largest absolute Gasteiger partial charge is 0.380 e. The van der Waals surface area contributed by atoms with Gasteiger partial charge in [0.15, 0.2) is 0 Å². The summed E-state index contributed by atoms with van der Waals surface area (Å²) in [6.07, 6.45) is 7.29. The lowest BCUT2D eigenvalue weighted by molar-refractivity contribution is 0.152. The fraction of sp³-hybridized carbons (Fsp3) is 0.692. The maximum Gasteiger partial charge on any atom is 0.147 e. The van der Waals surface area contributed by atoms with Crippen LogP contribution in [0.4, 0.5) is 5.82 Å². The molecule has 3 rings (SSSR count). The van der Waals surface area contributed by atoms with Crippen LogP contribution in [-0.2, 0) is 4.74 Å². The third kappa shape index (κ3) is 2.62. The monoisotopic (exact) mass is 248 g/mol. The Morgan fingerprint density at radius 3 is 2.94 bits per heavy atom. The second kappa shape index (κ2) is 5.63. The molecule has 2 saturated heterocycles. The van der Waals surface area contributed by atoms with Gasteiger partial charge in [0.2, 0.25) is 0 Å². The van der Waals surface area contributed by atoms with Gasteiger partial charge in [0.25, 0.3) is 0 Å². The first-order chi connectivity index (χ1) is 8.93. The Balaban J connectivity index is 1.69. The molecule has 1 aromatic rings. The third-order valence-electron chi connectivity index (χ3n) is 3.62. The molecule has 1 unspecified atom stereocenters. The van der Waals surface area contributed by atoms with Gasteiger partial charge in [0.1, 0.15) is 5.82 Å². The number of aromatic nitrogens is 2. The molecule has 0 aromatic carbocycles. The van der Waals surface area contributed by atoms with Gasteiger partial charge < -0.3 is 15.0 Å². The van der Waals surface area contributed by atoms with E-state index in [0.717, 1.165) is 50.8 Å². The van der Waals surface area contributed by atoms with Crippen molar-refractivity contribution >= 4 is 5.82 Å². The molecule has 3 heterocycles. The molecule has 1 aromatic heterocycles. The maximum atomic E-state index is 5.45. The Morgan fingerprint density at radius 1 is 1.17 bits per heavy atom. The number of hydrogen-bond acceptors (Lipinski definition) is 5. The van der Waals surface area contributed by atoms with Crippen LogP contribution in [0.3, 0.4) is 0 Å². The summed E-state index contributed by atoms with van der Waals surface area (Å²) in [5.41, 5.74) is 1.07. The summed E-state index contributed by atoms with van der Waals surface area (Å²) < 4.78 is 5.45. The summed E-state index contributed by atoms with van der Waals surface area (Å²) in [6.45, 7) is 4.66. The van der Waals surface area contributed by atoms with Crippen molar-refractivity contribution in [2.45, 2.75) is 25.3 Å². The summed E-state index contributed by atoms with van der Waals surface area (Å²) in [5.74, 6) is 0.974. The normalized spacial score (nSPS) is 25.1. The minimum absolute atomic E-state index is 0.402. The van der Waals surface area contributed by atoms with Crippen LogP contribution in [0.25, 0.3) is 0 Å². The van der Waals surface area contributed by atoms with Gasteiger partial charge in [-0.05, 0) is 25.8 Å². The van der Waals surface area contributed by atoms with Crippen LogP contribution in [0.15, 0.2) is 12.4 Å². The molecule has 2 fully saturated rings. The molecule has 5 heteroatoms. The van der Waals surface area contributed by atoms with Crippen molar-refractivity contribution in [3.05, 3.63) is 18.1 Å². The fourth-order valence-corrected chi connectivity index (χ4v) is 2.59. The van der Waals surface area contributed by atoms with Gasteiger partial charge in [0, 0.05) is 19.7 Å². The third-order valence-corrected chi connectivity index (χ3v) is 3.62. The average Bonchev–Trinajstić information content (AvgIpc) is 2.82. The molecular formula is C13H20N4O. The molecular weight excluding hydrogens is 228 g/mol. The van der Waals surface area contributed by atoms with E-state index >= 15 is 0 Å². The van der Waals surface area contributed by atoms with Gasteiger partial charge in [-0.3, -0.25) is 4.98 Å². The highest BCUT2D eigenvalue weighted by Gasteiger charge is 2.18. The van der Waals surface area contributed by atoms with Gasteiger partial charge in [-0.15, -0.1) is 0 Å². The fourth-order valence-electron chi connectivity index (χ4n) is 2.59. The van der Waals surface area contributed by atoms with Gasteiger partial charge in [0.05, 0.1) is 30.7 Å². The number of hydrogen-bond donors (Lipinski definition) is 1. The van der Waals surface area contributed by atoms with E-state index in [4.69, 9.17) is 4.74 Å². The molecule has 0 saturated carbocycles. The second-order valence-corrected chi connectivity index (χ2v) is 4.90. The first-order valence-electron chi connectivity index (χ1n) is 6.81. The van der Waals surface area contributed by atoms with Crippen LogP contribution >= 0.6 is 0 Å². The average molecular weight is 248 g/mol. The van der Waals surface area contributed by atoms with E-state index in [2.05, 4.69) is 20.2 Å². The summed E-state index contributed by atoms with van der Waals surface area (Å²) in [6, 6.07) is 0.402. The lowest BCUT2D eigenvalue weighted by Gasteiger charge is -2.20. The van der Waals surface area contributed by atoms with Crippen molar-refractivity contribution in [1.82, 2.24) is 15.3 Å². The number of nitrogens with zero attached hydrogens (tertiary/aromatic N) is 3. The number of ether oxygens (including phenoxy) is 1. The molecule has 0 amide bonds. The van der Waals surface area contributed by atoms with Gasteiger partial charge in [-0.2, -0.15) is 0 Å². The Hall–Kier alpha value is -1.20. The summed E-state index contributed by atoms with van der Waals surface area (Å²) in [7, 11) is 0. The van der Waals surface area contributed by atoms with Crippen LogP contribution in [-0.4, -0.2) is 42.8 Å². The molecule has 5 nitrogen and oxygen atoms in total. The zero-order chi connectivity index (χ0) is 12.2. The number of rotatable bonds is 2. The smallest absolute Gasteiger partial charge is 0.147 e. The molecule has 0 radical (unpaired) electrons. The Morgan fingerprint density at radius 2 is 2.17 bits per heavy atom. The predicted octanol–water partition coefficient (Wildman–Crippen LogP) is 1.13. The van der Waals surface area contributed by atoms with Crippen LogP contribution in [0.1, 0.15) is 31.0 Å². The maximum absolute atomic E-state index is 5.45. The van der Waals surface area contributed by atoms with E-state index in [1.807, 2.05) is 12.4 Å². The highest BCUT2D eigenvalue weighted by Crippen LogP contribution is 2.21. The van der Waals surface area contributed by atoms with E-state index in [1.165, 1.54) is 12.8 Å². The number of nitrogens with one attached hydrogen (secondary N) is 1. The summed E-state index contributed by atoms with van der Waals surface area (Å²) in [4.78, 5) is 11.4. The van der Waals surface area contributed by atoms with Gasteiger partial charge in [-0.1, -0.05) is 0 Å². The predicted molar refractivity (Wildman–Crippen MR) is 69.7 cm³/mol. The quantitative estimate of drug-likeness (QED) is 0.850. The van der Waals surface area contributed by atoms with Crippen LogP contribution in [0, 0.1) is 0 Å². The molecule has 2 aliphatic heterocycles. The topological polar surface area (TPSA) is 50.3 Å². The highest BCUT2D eigenvalue weighted by molar-refractivity contribution is 5.36. The van der Waals surface area contributed by atoms with E-state index in [0.29, 0.717) is 6.04 Å². The minimum Gasteiger partial charge on any atom is -0.380 e. The first kappa shape index (κ1) is 11.9. The summed E-state index contributed by atoms with van der Waals surface area (Å²) in [5, 5.41) is 3.45. The van der Waals surface area contributed by atoms with E-state index in [-0.39, 0.29) is 0 Å². The molecule has 0 spiro atoms. The lowest BCUT2D eigenvalue weighted by Crippen LogP contribution is -2.27. The van der Waals surface area contributed by atoms with Crippen molar-refractivity contribution < 1.29 is 4.74 Å². The van der Waals surface area contributed by atoms with E-state index in [9.17, 15) is 0 Å². The van der Waals surface area contributed by atoms with E-state index in [1.54, 1.807) is 0 Å². The first-order valence-corrected chi connectivity index (χ1v) is 6.81. The van der Waals surface area contributed by atoms with Gasteiger partial charge >= 0.3 is 0 Å². The molecule has 1 N–H and O–H groups in total. The van der Waals surface area contributed by atoms with Gasteiger partial charge in [-0.25, -0.2) is 4.98 Å². The zero-order valence-corrected chi connectivity index (χ0v) is 10.6. The second-order valence-electron chi connectivity index (χ2n) is 4.90. The van der Waals surface area contributed by atoms with E-state index < -0.39 is 0 Å².